The molecule has 0 saturated carbocycles. The first kappa shape index (κ1) is 12.6. The summed E-state index contributed by atoms with van der Waals surface area (Å²) in [7, 11) is 0. The Morgan fingerprint density at radius 1 is 1.50 bits per heavy atom. The molecule has 0 amide bonds. The predicted octanol–water partition coefficient (Wildman–Crippen LogP) is 1.58. The highest BCUT2D eigenvalue weighted by Gasteiger charge is 2.15. The highest BCUT2D eigenvalue weighted by molar-refractivity contribution is 7.80. The van der Waals surface area contributed by atoms with Gasteiger partial charge in [-0.25, -0.2) is 4.79 Å². The van der Waals surface area contributed by atoms with Crippen molar-refractivity contribution in [2.75, 3.05) is 5.75 Å². The summed E-state index contributed by atoms with van der Waals surface area (Å²) in [6.07, 6.45) is 0. The van der Waals surface area contributed by atoms with Gasteiger partial charge in [-0.05, 0) is 19.1 Å². The second-order valence-electron chi connectivity index (χ2n) is 3.27. The third-order valence-corrected chi connectivity index (χ3v) is 2.45. The van der Waals surface area contributed by atoms with Crippen LogP contribution in [0.4, 0.5) is 0 Å². The number of phenols is 1. The van der Waals surface area contributed by atoms with Crippen LogP contribution in [0, 0.1) is 0 Å². The van der Waals surface area contributed by atoms with Crippen LogP contribution < -0.4 is 0 Å². The van der Waals surface area contributed by atoms with Crippen LogP contribution in [-0.2, 0) is 4.79 Å². The molecule has 1 aromatic rings. The summed E-state index contributed by atoms with van der Waals surface area (Å²) in [5, 5.41) is 18.4. The van der Waals surface area contributed by atoms with Crippen molar-refractivity contribution in [3.8, 4) is 5.75 Å². The molecule has 1 aromatic carbocycles. The number of hydrogen-bond acceptors (Lipinski definition) is 4. The molecule has 1 atom stereocenters. The zero-order chi connectivity index (χ0) is 12.1. The lowest BCUT2D eigenvalue weighted by molar-refractivity contribution is -0.137. The van der Waals surface area contributed by atoms with E-state index in [-0.39, 0.29) is 11.5 Å². The van der Waals surface area contributed by atoms with Crippen molar-refractivity contribution in [2.24, 2.45) is 4.99 Å². The van der Waals surface area contributed by atoms with E-state index in [1.165, 1.54) is 6.07 Å². The van der Waals surface area contributed by atoms with E-state index < -0.39 is 12.0 Å². The van der Waals surface area contributed by atoms with Crippen molar-refractivity contribution < 1.29 is 15.0 Å². The highest BCUT2D eigenvalue weighted by Crippen LogP contribution is 2.17. The molecule has 0 bridgehead atoms. The molecule has 0 aliphatic carbocycles. The van der Waals surface area contributed by atoms with Crippen LogP contribution in [-0.4, -0.2) is 33.7 Å². The molecule has 0 fully saturated rings. The maximum absolute atomic E-state index is 10.8. The maximum atomic E-state index is 10.8. The molecule has 0 aromatic heterocycles. The van der Waals surface area contributed by atoms with Crippen LogP contribution >= 0.6 is 12.6 Å². The smallest absolute Gasteiger partial charge is 0.329 e. The Morgan fingerprint density at radius 3 is 2.62 bits per heavy atom. The molecule has 16 heavy (non-hydrogen) atoms. The van der Waals surface area contributed by atoms with Gasteiger partial charge in [0.05, 0.1) is 0 Å². The fourth-order valence-electron chi connectivity index (χ4n) is 1.26. The number of aromatic hydroxyl groups is 1. The number of rotatable bonds is 4. The van der Waals surface area contributed by atoms with Gasteiger partial charge in [-0.15, -0.1) is 0 Å². The Labute approximate surface area is 99.1 Å². The van der Waals surface area contributed by atoms with E-state index in [1.807, 2.05) is 0 Å². The Bertz CT molecular complexity index is 417. The minimum Gasteiger partial charge on any atom is -0.507 e. The van der Waals surface area contributed by atoms with Gasteiger partial charge in [-0.2, -0.15) is 12.6 Å². The molecule has 0 spiro atoms. The van der Waals surface area contributed by atoms with Crippen molar-refractivity contribution in [3.05, 3.63) is 29.8 Å². The molecular formula is C11H13NO3S. The number of thiol groups is 1. The summed E-state index contributed by atoms with van der Waals surface area (Å²) in [5.41, 5.74) is 1.02. The molecule has 5 heteroatoms. The molecule has 0 saturated heterocycles. The first-order valence-electron chi connectivity index (χ1n) is 4.72. The third-order valence-electron chi connectivity index (χ3n) is 2.10. The van der Waals surface area contributed by atoms with E-state index in [4.69, 9.17) is 5.11 Å². The number of aliphatic carboxylic acids is 1. The zero-order valence-electron chi connectivity index (χ0n) is 8.79. The Morgan fingerprint density at radius 2 is 2.12 bits per heavy atom. The van der Waals surface area contributed by atoms with E-state index in [2.05, 4.69) is 17.6 Å². The molecule has 1 unspecified atom stereocenters. The van der Waals surface area contributed by atoms with Gasteiger partial charge >= 0.3 is 5.97 Å². The Balaban J connectivity index is 3.01. The predicted molar refractivity (Wildman–Crippen MR) is 65.6 cm³/mol. The van der Waals surface area contributed by atoms with Crippen molar-refractivity contribution >= 4 is 24.3 Å². The number of carboxylic acids is 1. The molecule has 0 aliphatic heterocycles. The fraction of sp³-hybridized carbons (Fsp3) is 0.273. The quantitative estimate of drug-likeness (QED) is 0.552. The Hall–Kier alpha value is -1.49. The van der Waals surface area contributed by atoms with Crippen molar-refractivity contribution in [1.82, 2.24) is 0 Å². The maximum Gasteiger partial charge on any atom is 0.329 e. The van der Waals surface area contributed by atoms with Gasteiger partial charge < -0.3 is 10.2 Å². The molecule has 0 heterocycles. The van der Waals surface area contributed by atoms with Crippen LogP contribution in [0.5, 0.6) is 5.75 Å². The first-order valence-corrected chi connectivity index (χ1v) is 5.36. The molecule has 0 aliphatic rings. The SMILES string of the molecule is C/C(=N\C(CS)C(=O)O)c1ccccc1O. The number of carboxylic acid groups (broad SMARTS) is 1. The largest absolute Gasteiger partial charge is 0.507 e. The van der Waals surface area contributed by atoms with Gasteiger partial charge in [0.1, 0.15) is 5.75 Å². The van der Waals surface area contributed by atoms with Crippen LogP contribution in [0.2, 0.25) is 0 Å². The summed E-state index contributed by atoms with van der Waals surface area (Å²) >= 11 is 3.92. The van der Waals surface area contributed by atoms with E-state index in [9.17, 15) is 9.90 Å². The number of benzene rings is 1. The van der Waals surface area contributed by atoms with E-state index in [0.717, 1.165) is 0 Å². The first-order chi connectivity index (χ1) is 7.56. The second kappa shape index (κ2) is 5.55. The summed E-state index contributed by atoms with van der Waals surface area (Å²) < 4.78 is 0. The third kappa shape index (κ3) is 3.00. The number of aliphatic imine (C=N–C) groups is 1. The van der Waals surface area contributed by atoms with Gasteiger partial charge in [-0.3, -0.25) is 4.99 Å². The summed E-state index contributed by atoms with van der Waals surface area (Å²) in [6.45, 7) is 1.66. The van der Waals surface area contributed by atoms with Gasteiger partial charge in [-0.1, -0.05) is 12.1 Å². The summed E-state index contributed by atoms with van der Waals surface area (Å²) in [6, 6.07) is 5.78. The van der Waals surface area contributed by atoms with Crippen LogP contribution in [0.25, 0.3) is 0 Å². The monoisotopic (exact) mass is 239 g/mol. The Kier molecular flexibility index (Phi) is 4.37. The summed E-state index contributed by atoms with van der Waals surface area (Å²) in [5.74, 6) is -0.808. The molecule has 4 nitrogen and oxygen atoms in total. The van der Waals surface area contributed by atoms with Crippen molar-refractivity contribution in [3.63, 3.8) is 0 Å². The average molecular weight is 239 g/mol. The standard InChI is InChI=1S/C11H13NO3S/c1-7(12-9(6-16)11(14)15)8-4-2-3-5-10(8)13/h2-5,9,13,16H,6H2,1H3,(H,14,15)/b12-7+. The van der Waals surface area contributed by atoms with Gasteiger partial charge in [0.25, 0.3) is 0 Å². The van der Waals surface area contributed by atoms with E-state index in [0.29, 0.717) is 11.3 Å². The second-order valence-corrected chi connectivity index (χ2v) is 3.63. The number of nitrogens with zero attached hydrogens (tertiary/aromatic N) is 1. The van der Waals surface area contributed by atoms with Crippen molar-refractivity contribution in [2.45, 2.75) is 13.0 Å². The van der Waals surface area contributed by atoms with E-state index >= 15 is 0 Å². The lowest BCUT2D eigenvalue weighted by Crippen LogP contribution is -2.21. The van der Waals surface area contributed by atoms with Crippen LogP contribution in [0.3, 0.4) is 0 Å². The van der Waals surface area contributed by atoms with Crippen LogP contribution in [0.1, 0.15) is 12.5 Å². The zero-order valence-corrected chi connectivity index (χ0v) is 9.69. The molecule has 86 valence electrons. The number of hydrogen-bond donors (Lipinski definition) is 3. The lowest BCUT2D eigenvalue weighted by Gasteiger charge is -2.07. The average Bonchev–Trinajstić information content (AvgIpc) is 2.25. The highest BCUT2D eigenvalue weighted by atomic mass is 32.1. The molecule has 2 N–H and O–H groups in total. The molecule has 0 radical (unpaired) electrons. The lowest BCUT2D eigenvalue weighted by atomic mass is 10.1. The van der Waals surface area contributed by atoms with Gasteiger partial charge in [0.15, 0.2) is 6.04 Å². The molecule has 1 rings (SSSR count). The number of phenolic OH excluding ortho intramolecular Hbond substituents is 1. The topological polar surface area (TPSA) is 69.9 Å². The normalized spacial score (nSPS) is 13.5. The minimum absolute atomic E-state index is 0.0899. The number of carbonyl (C=O) groups is 1. The fourth-order valence-corrected chi connectivity index (χ4v) is 1.49. The summed E-state index contributed by atoms with van der Waals surface area (Å²) in [4.78, 5) is 14.8. The molecular weight excluding hydrogens is 226 g/mol. The minimum atomic E-state index is -1.02. The van der Waals surface area contributed by atoms with Gasteiger partial charge in [0, 0.05) is 17.0 Å². The van der Waals surface area contributed by atoms with Crippen molar-refractivity contribution in [1.29, 1.82) is 0 Å². The number of para-hydroxylation sites is 1. The van der Waals surface area contributed by atoms with E-state index in [1.54, 1.807) is 25.1 Å². The van der Waals surface area contributed by atoms with Gasteiger partial charge in [0.2, 0.25) is 0 Å². The van der Waals surface area contributed by atoms with Crippen LogP contribution in [0.15, 0.2) is 29.3 Å².